The Morgan fingerprint density at radius 2 is 1.82 bits per heavy atom. The normalized spacial score (nSPS) is 19.5. The highest BCUT2D eigenvalue weighted by molar-refractivity contribution is 5.98. The molecular formula is C18H17NO3. The average Bonchev–Trinajstić information content (AvgIpc) is 2.60. The first-order chi connectivity index (χ1) is 10.8. The van der Waals surface area contributed by atoms with E-state index in [0.29, 0.717) is 11.5 Å². The third-order valence-corrected chi connectivity index (χ3v) is 4.16. The van der Waals surface area contributed by atoms with E-state index in [1.54, 1.807) is 0 Å². The lowest BCUT2D eigenvalue weighted by atomic mass is 10.0. The fourth-order valence-corrected chi connectivity index (χ4v) is 3.08. The van der Waals surface area contributed by atoms with Gasteiger partial charge >= 0.3 is 0 Å². The number of nitrogens with zero attached hydrogens (tertiary/aromatic N) is 1. The second-order valence-electron chi connectivity index (χ2n) is 5.59. The van der Waals surface area contributed by atoms with Gasteiger partial charge in [0.25, 0.3) is 5.91 Å². The Kier molecular flexibility index (Phi) is 3.22. The summed E-state index contributed by atoms with van der Waals surface area (Å²) in [6.45, 7) is 0.992. The second kappa shape index (κ2) is 5.37. The van der Waals surface area contributed by atoms with Gasteiger partial charge in [-0.1, -0.05) is 30.3 Å². The minimum atomic E-state index is -0.582. The van der Waals surface area contributed by atoms with E-state index in [1.807, 2.05) is 47.4 Å². The fraction of sp³-hybridized carbons (Fsp3) is 0.278. The molecule has 0 fully saturated rings. The van der Waals surface area contributed by atoms with Gasteiger partial charge in [-0.3, -0.25) is 4.79 Å². The number of carbonyl (C=O) groups excluding carboxylic acids is 1. The molecule has 2 aliphatic heterocycles. The van der Waals surface area contributed by atoms with Crippen LogP contribution in [0.15, 0.2) is 48.5 Å². The summed E-state index contributed by atoms with van der Waals surface area (Å²) in [5.41, 5.74) is 2.22. The summed E-state index contributed by atoms with van der Waals surface area (Å²) in [5, 5.41) is 0. The maximum Gasteiger partial charge on any atom is 0.271 e. The van der Waals surface area contributed by atoms with Crippen molar-refractivity contribution in [2.75, 3.05) is 18.1 Å². The van der Waals surface area contributed by atoms with Crippen molar-refractivity contribution in [2.24, 2.45) is 0 Å². The van der Waals surface area contributed by atoms with E-state index < -0.39 is 6.10 Å². The van der Waals surface area contributed by atoms with Crippen LogP contribution < -0.4 is 14.4 Å². The maximum atomic E-state index is 12.8. The first-order valence-electron chi connectivity index (χ1n) is 7.61. The second-order valence-corrected chi connectivity index (χ2v) is 5.59. The van der Waals surface area contributed by atoms with Crippen LogP contribution >= 0.6 is 0 Å². The van der Waals surface area contributed by atoms with Crippen molar-refractivity contribution in [3.8, 4) is 11.5 Å². The minimum Gasteiger partial charge on any atom is -0.485 e. The SMILES string of the molecule is O=C([C@@H]1COc2ccccc2O1)N1CCCc2ccccc21. The molecule has 4 nitrogen and oxygen atoms in total. The molecule has 0 spiro atoms. The molecular weight excluding hydrogens is 278 g/mol. The number of rotatable bonds is 1. The molecule has 22 heavy (non-hydrogen) atoms. The van der Waals surface area contributed by atoms with Gasteiger partial charge in [0.05, 0.1) is 0 Å². The van der Waals surface area contributed by atoms with E-state index >= 15 is 0 Å². The molecule has 2 aliphatic rings. The van der Waals surface area contributed by atoms with Crippen LogP contribution in [0.2, 0.25) is 0 Å². The molecule has 2 aromatic carbocycles. The molecule has 112 valence electrons. The molecule has 0 bridgehead atoms. The number of hydrogen-bond acceptors (Lipinski definition) is 3. The number of para-hydroxylation sites is 3. The van der Waals surface area contributed by atoms with Gasteiger partial charge in [0, 0.05) is 12.2 Å². The number of fused-ring (bicyclic) bond motifs is 2. The summed E-state index contributed by atoms with van der Waals surface area (Å²) in [7, 11) is 0. The topological polar surface area (TPSA) is 38.8 Å². The molecule has 0 radical (unpaired) electrons. The zero-order valence-corrected chi connectivity index (χ0v) is 12.2. The zero-order chi connectivity index (χ0) is 14.9. The smallest absolute Gasteiger partial charge is 0.271 e. The lowest BCUT2D eigenvalue weighted by Gasteiger charge is -2.34. The number of carbonyl (C=O) groups is 1. The Morgan fingerprint density at radius 3 is 2.73 bits per heavy atom. The average molecular weight is 295 g/mol. The highest BCUT2D eigenvalue weighted by Crippen LogP contribution is 2.33. The van der Waals surface area contributed by atoms with Gasteiger partial charge in [-0.25, -0.2) is 0 Å². The van der Waals surface area contributed by atoms with Crippen LogP contribution in [0.5, 0.6) is 11.5 Å². The Balaban J connectivity index is 1.59. The van der Waals surface area contributed by atoms with Crippen LogP contribution in [0.25, 0.3) is 0 Å². The van der Waals surface area contributed by atoms with Crippen molar-refractivity contribution in [3.63, 3.8) is 0 Å². The molecule has 1 amide bonds. The van der Waals surface area contributed by atoms with E-state index in [4.69, 9.17) is 9.47 Å². The largest absolute Gasteiger partial charge is 0.485 e. The van der Waals surface area contributed by atoms with Crippen LogP contribution in [-0.2, 0) is 11.2 Å². The molecule has 4 rings (SSSR count). The summed E-state index contributed by atoms with van der Waals surface area (Å²) in [6, 6.07) is 15.5. The van der Waals surface area contributed by atoms with Crippen molar-refractivity contribution >= 4 is 11.6 Å². The Hall–Kier alpha value is -2.49. The van der Waals surface area contributed by atoms with Crippen LogP contribution in [0.1, 0.15) is 12.0 Å². The molecule has 1 atom stereocenters. The standard InChI is InChI=1S/C18H17NO3/c20-18(17-12-21-15-9-3-4-10-16(15)22-17)19-11-5-7-13-6-1-2-8-14(13)19/h1-4,6,8-10,17H,5,7,11-12H2/t17-/m0/s1. The number of benzene rings is 2. The summed E-state index contributed by atoms with van der Waals surface area (Å²) in [4.78, 5) is 14.7. The first kappa shape index (κ1) is 13.2. The van der Waals surface area contributed by atoms with Gasteiger partial charge in [0.15, 0.2) is 11.5 Å². The van der Waals surface area contributed by atoms with E-state index in [0.717, 1.165) is 25.1 Å². The van der Waals surface area contributed by atoms with Crippen molar-refractivity contribution in [1.29, 1.82) is 0 Å². The van der Waals surface area contributed by atoms with Gasteiger partial charge in [-0.15, -0.1) is 0 Å². The van der Waals surface area contributed by atoms with Crippen molar-refractivity contribution in [1.82, 2.24) is 0 Å². The van der Waals surface area contributed by atoms with Crippen molar-refractivity contribution in [3.05, 3.63) is 54.1 Å². The lowest BCUT2D eigenvalue weighted by molar-refractivity contribution is -0.127. The molecule has 2 heterocycles. The van der Waals surface area contributed by atoms with Gasteiger partial charge < -0.3 is 14.4 Å². The molecule has 0 aliphatic carbocycles. The van der Waals surface area contributed by atoms with E-state index in [-0.39, 0.29) is 12.5 Å². The van der Waals surface area contributed by atoms with Gasteiger partial charge in [-0.2, -0.15) is 0 Å². The van der Waals surface area contributed by atoms with Crippen LogP contribution in [-0.4, -0.2) is 25.2 Å². The molecule has 4 heteroatoms. The molecule has 0 aromatic heterocycles. The lowest BCUT2D eigenvalue weighted by Crippen LogP contribution is -2.48. The molecule has 0 saturated carbocycles. The third kappa shape index (κ3) is 2.21. The van der Waals surface area contributed by atoms with Gasteiger partial charge in [0.2, 0.25) is 6.10 Å². The minimum absolute atomic E-state index is 0.0262. The summed E-state index contributed by atoms with van der Waals surface area (Å²) >= 11 is 0. The highest BCUT2D eigenvalue weighted by atomic mass is 16.6. The third-order valence-electron chi connectivity index (χ3n) is 4.16. The van der Waals surface area contributed by atoms with E-state index in [2.05, 4.69) is 6.07 Å². The van der Waals surface area contributed by atoms with E-state index in [9.17, 15) is 4.79 Å². The summed E-state index contributed by atoms with van der Waals surface area (Å²) in [5.74, 6) is 1.31. The number of amides is 1. The molecule has 0 unspecified atom stereocenters. The highest BCUT2D eigenvalue weighted by Gasteiger charge is 2.33. The van der Waals surface area contributed by atoms with Crippen LogP contribution in [0, 0.1) is 0 Å². The Morgan fingerprint density at radius 1 is 1.05 bits per heavy atom. The van der Waals surface area contributed by atoms with Crippen molar-refractivity contribution in [2.45, 2.75) is 18.9 Å². The zero-order valence-electron chi connectivity index (χ0n) is 12.2. The number of hydrogen-bond donors (Lipinski definition) is 0. The molecule has 0 N–H and O–H groups in total. The molecule has 2 aromatic rings. The number of ether oxygens (including phenoxy) is 2. The van der Waals surface area contributed by atoms with Gasteiger partial charge in [-0.05, 0) is 36.6 Å². The van der Waals surface area contributed by atoms with Crippen molar-refractivity contribution < 1.29 is 14.3 Å². The Bertz CT molecular complexity index is 713. The molecule has 0 saturated heterocycles. The summed E-state index contributed by atoms with van der Waals surface area (Å²) < 4.78 is 11.5. The quantitative estimate of drug-likeness (QED) is 0.812. The number of anilines is 1. The van der Waals surface area contributed by atoms with Crippen LogP contribution in [0.4, 0.5) is 5.69 Å². The number of aryl methyl sites for hydroxylation is 1. The predicted molar refractivity (Wildman–Crippen MR) is 83.5 cm³/mol. The van der Waals surface area contributed by atoms with E-state index in [1.165, 1.54) is 5.56 Å². The van der Waals surface area contributed by atoms with Gasteiger partial charge in [0.1, 0.15) is 6.61 Å². The maximum absolute atomic E-state index is 12.8. The summed E-state index contributed by atoms with van der Waals surface area (Å²) in [6.07, 6.45) is 1.42. The van der Waals surface area contributed by atoms with Crippen LogP contribution in [0.3, 0.4) is 0 Å². The predicted octanol–water partition coefficient (Wildman–Crippen LogP) is 2.81. The fourth-order valence-electron chi connectivity index (χ4n) is 3.08. The first-order valence-corrected chi connectivity index (χ1v) is 7.61. The monoisotopic (exact) mass is 295 g/mol. The Labute approximate surface area is 129 Å².